The summed E-state index contributed by atoms with van der Waals surface area (Å²) in [5.74, 6) is 2.78. The van der Waals surface area contributed by atoms with Crippen LogP contribution in [0.15, 0.2) is 24.5 Å². The Kier molecular flexibility index (Phi) is 4.76. The van der Waals surface area contributed by atoms with Gasteiger partial charge in [-0.2, -0.15) is 5.10 Å². The predicted molar refractivity (Wildman–Crippen MR) is 94.7 cm³/mol. The van der Waals surface area contributed by atoms with Crippen LogP contribution in [0.25, 0.3) is 11.4 Å². The number of nitrogens with one attached hydrogen (secondary N) is 1. The van der Waals surface area contributed by atoms with Crippen LogP contribution in [0.3, 0.4) is 0 Å². The maximum Gasteiger partial charge on any atom is 0.222 e. The monoisotopic (exact) mass is 339 g/mol. The molecule has 1 saturated carbocycles. The van der Waals surface area contributed by atoms with Crippen molar-refractivity contribution in [2.24, 2.45) is 5.92 Å². The van der Waals surface area contributed by atoms with Gasteiger partial charge in [-0.3, -0.25) is 14.9 Å². The van der Waals surface area contributed by atoms with Crippen LogP contribution in [-0.4, -0.2) is 44.1 Å². The third-order valence-electron chi connectivity index (χ3n) is 5.54. The SMILES string of the molecule is O=C(CC1CCCC1)N1CCC[C@H](c2nc(-c3ccncc3)n[nH]2)C1. The highest BCUT2D eigenvalue weighted by molar-refractivity contribution is 5.76. The van der Waals surface area contributed by atoms with Crippen molar-refractivity contribution in [3.8, 4) is 11.4 Å². The third kappa shape index (κ3) is 3.72. The number of hydrogen-bond acceptors (Lipinski definition) is 4. The topological polar surface area (TPSA) is 74.8 Å². The highest BCUT2D eigenvalue weighted by Crippen LogP contribution is 2.30. The quantitative estimate of drug-likeness (QED) is 0.928. The fourth-order valence-electron chi connectivity index (χ4n) is 4.10. The summed E-state index contributed by atoms with van der Waals surface area (Å²) in [6.07, 6.45) is 11.3. The van der Waals surface area contributed by atoms with Gasteiger partial charge in [0.15, 0.2) is 5.82 Å². The van der Waals surface area contributed by atoms with Gasteiger partial charge >= 0.3 is 0 Å². The second kappa shape index (κ2) is 7.33. The molecular weight excluding hydrogens is 314 g/mol. The first-order valence-corrected chi connectivity index (χ1v) is 9.40. The summed E-state index contributed by atoms with van der Waals surface area (Å²) in [4.78, 5) is 23.4. The van der Waals surface area contributed by atoms with Gasteiger partial charge in [-0.1, -0.05) is 12.8 Å². The number of H-pyrrole nitrogens is 1. The van der Waals surface area contributed by atoms with Crippen LogP contribution in [0.2, 0.25) is 0 Å². The molecule has 132 valence electrons. The number of aromatic nitrogens is 4. The number of pyridine rings is 1. The van der Waals surface area contributed by atoms with Crippen LogP contribution in [0, 0.1) is 5.92 Å². The van der Waals surface area contributed by atoms with Gasteiger partial charge in [-0.25, -0.2) is 4.98 Å². The van der Waals surface area contributed by atoms with Crippen molar-refractivity contribution in [2.75, 3.05) is 13.1 Å². The molecule has 6 heteroatoms. The third-order valence-corrected chi connectivity index (χ3v) is 5.54. The minimum atomic E-state index is 0.254. The Hall–Kier alpha value is -2.24. The van der Waals surface area contributed by atoms with Crippen molar-refractivity contribution in [3.05, 3.63) is 30.4 Å². The summed E-state index contributed by atoms with van der Waals surface area (Å²) in [5, 5.41) is 7.43. The summed E-state index contributed by atoms with van der Waals surface area (Å²) in [7, 11) is 0. The lowest BCUT2D eigenvalue weighted by molar-refractivity contribution is -0.133. The molecule has 2 aromatic rings. The molecule has 1 aliphatic heterocycles. The number of hydrogen-bond donors (Lipinski definition) is 1. The summed E-state index contributed by atoms with van der Waals surface area (Å²) in [6.45, 7) is 1.64. The zero-order valence-corrected chi connectivity index (χ0v) is 14.5. The van der Waals surface area contributed by atoms with Crippen molar-refractivity contribution in [3.63, 3.8) is 0 Å². The standard InChI is InChI=1S/C19H25N5O/c25-17(12-14-4-1-2-5-14)24-11-3-6-16(13-24)19-21-18(22-23-19)15-7-9-20-10-8-15/h7-10,14,16H,1-6,11-13H2,(H,21,22,23)/t16-/m0/s1. The van der Waals surface area contributed by atoms with Crippen LogP contribution in [0.5, 0.6) is 0 Å². The van der Waals surface area contributed by atoms with E-state index in [4.69, 9.17) is 0 Å². The lowest BCUT2D eigenvalue weighted by atomic mass is 9.96. The van der Waals surface area contributed by atoms with Crippen molar-refractivity contribution in [1.29, 1.82) is 0 Å². The van der Waals surface area contributed by atoms with Gasteiger partial charge in [-0.15, -0.1) is 0 Å². The Morgan fingerprint density at radius 1 is 1.16 bits per heavy atom. The minimum Gasteiger partial charge on any atom is -0.342 e. The molecule has 1 saturated heterocycles. The molecule has 2 aromatic heterocycles. The number of carbonyl (C=O) groups excluding carboxylic acids is 1. The zero-order valence-electron chi connectivity index (χ0n) is 14.5. The Bertz CT molecular complexity index is 708. The van der Waals surface area contributed by atoms with Gasteiger partial charge in [-0.05, 0) is 43.7 Å². The molecule has 0 aromatic carbocycles. The molecule has 0 unspecified atom stereocenters. The van der Waals surface area contributed by atoms with Crippen molar-refractivity contribution in [1.82, 2.24) is 25.1 Å². The normalized spacial score (nSPS) is 21.6. The molecular formula is C19H25N5O. The molecule has 0 radical (unpaired) electrons. The molecule has 2 fully saturated rings. The average molecular weight is 339 g/mol. The Morgan fingerprint density at radius 3 is 2.76 bits per heavy atom. The Morgan fingerprint density at radius 2 is 1.96 bits per heavy atom. The number of nitrogens with zero attached hydrogens (tertiary/aromatic N) is 4. The summed E-state index contributed by atoms with van der Waals surface area (Å²) in [6, 6.07) is 3.82. The predicted octanol–water partition coefficient (Wildman–Crippen LogP) is 3.15. The lowest BCUT2D eigenvalue weighted by Gasteiger charge is -2.32. The minimum absolute atomic E-state index is 0.254. The molecule has 1 N–H and O–H groups in total. The number of rotatable bonds is 4. The van der Waals surface area contributed by atoms with Gasteiger partial charge in [0.25, 0.3) is 0 Å². The maximum absolute atomic E-state index is 12.6. The first kappa shape index (κ1) is 16.2. The number of amides is 1. The van der Waals surface area contributed by atoms with E-state index in [1.165, 1.54) is 25.7 Å². The second-order valence-electron chi connectivity index (χ2n) is 7.31. The van der Waals surface area contributed by atoms with Crippen LogP contribution in [-0.2, 0) is 4.79 Å². The molecule has 1 aliphatic carbocycles. The fourth-order valence-corrected chi connectivity index (χ4v) is 4.10. The second-order valence-corrected chi connectivity index (χ2v) is 7.31. The maximum atomic E-state index is 12.6. The molecule has 0 bridgehead atoms. The molecule has 2 aliphatic rings. The summed E-state index contributed by atoms with van der Waals surface area (Å²) in [5.41, 5.74) is 0.961. The van der Waals surface area contributed by atoms with E-state index in [1.807, 2.05) is 17.0 Å². The first-order valence-electron chi connectivity index (χ1n) is 9.40. The number of carbonyl (C=O) groups is 1. The van der Waals surface area contributed by atoms with Crippen LogP contribution >= 0.6 is 0 Å². The molecule has 1 amide bonds. The largest absolute Gasteiger partial charge is 0.342 e. The fraction of sp³-hybridized carbons (Fsp3) is 0.579. The van der Waals surface area contributed by atoms with Crippen LogP contribution in [0.1, 0.15) is 56.7 Å². The van der Waals surface area contributed by atoms with Crippen LogP contribution < -0.4 is 0 Å². The van der Waals surface area contributed by atoms with Crippen molar-refractivity contribution in [2.45, 2.75) is 50.9 Å². The van der Waals surface area contributed by atoms with Gasteiger partial charge in [0, 0.05) is 43.4 Å². The smallest absolute Gasteiger partial charge is 0.222 e. The van der Waals surface area contributed by atoms with Gasteiger partial charge in [0.1, 0.15) is 5.82 Å². The average Bonchev–Trinajstić information content (AvgIpc) is 3.34. The van der Waals surface area contributed by atoms with Gasteiger partial charge in [0.05, 0.1) is 0 Å². The first-order chi connectivity index (χ1) is 12.3. The Balaban J connectivity index is 1.41. The van der Waals surface area contributed by atoms with E-state index in [0.29, 0.717) is 17.6 Å². The van der Waals surface area contributed by atoms with Gasteiger partial charge < -0.3 is 4.90 Å². The number of likely N-dealkylation sites (tertiary alicyclic amines) is 1. The highest BCUT2D eigenvalue weighted by Gasteiger charge is 2.29. The van der Waals surface area contributed by atoms with Crippen molar-refractivity contribution < 1.29 is 4.79 Å². The number of aromatic amines is 1. The van der Waals surface area contributed by atoms with E-state index in [9.17, 15) is 4.79 Å². The molecule has 0 spiro atoms. The van der Waals surface area contributed by atoms with E-state index in [-0.39, 0.29) is 5.92 Å². The molecule has 6 nitrogen and oxygen atoms in total. The van der Waals surface area contributed by atoms with E-state index < -0.39 is 0 Å². The Labute approximate surface area is 148 Å². The highest BCUT2D eigenvalue weighted by atomic mass is 16.2. The molecule has 3 heterocycles. The van der Waals surface area contributed by atoms with Gasteiger partial charge in [0.2, 0.25) is 5.91 Å². The molecule has 25 heavy (non-hydrogen) atoms. The van der Waals surface area contributed by atoms with Crippen LogP contribution in [0.4, 0.5) is 0 Å². The van der Waals surface area contributed by atoms with E-state index in [0.717, 1.165) is 43.7 Å². The molecule has 1 atom stereocenters. The van der Waals surface area contributed by atoms with Crippen molar-refractivity contribution >= 4 is 5.91 Å². The number of piperidine rings is 1. The van der Waals surface area contributed by atoms with E-state index >= 15 is 0 Å². The summed E-state index contributed by atoms with van der Waals surface area (Å²) >= 11 is 0. The van der Waals surface area contributed by atoms with E-state index in [1.54, 1.807) is 12.4 Å². The molecule has 4 rings (SSSR count). The zero-order chi connectivity index (χ0) is 17.1. The summed E-state index contributed by atoms with van der Waals surface area (Å²) < 4.78 is 0. The lowest BCUT2D eigenvalue weighted by Crippen LogP contribution is -2.40. The van der Waals surface area contributed by atoms with E-state index in [2.05, 4.69) is 20.2 Å².